The molecule has 0 radical (unpaired) electrons. The summed E-state index contributed by atoms with van der Waals surface area (Å²) in [6.07, 6.45) is 0. The number of hydrogen-bond donors (Lipinski definition) is 3. The Balaban J connectivity index is 1.61. The number of anilines is 2. The van der Waals surface area contributed by atoms with E-state index in [4.69, 9.17) is 35.0 Å². The average Bonchev–Trinajstić information content (AvgIpc) is 3.28. The molecule has 5 rings (SSSR count). The SMILES string of the molecule is N#Cc1c(NC(=O)c2nn(-c3ccccc3)c(=S)n(-c3ccccc3)c2=N)sc(C(=O)c2ccc(Cl)cc2)c1N. The molecule has 4 N–H and O–H groups in total. The largest absolute Gasteiger partial charge is 0.396 e. The van der Waals surface area contributed by atoms with Crippen LogP contribution in [-0.4, -0.2) is 26.0 Å². The number of ketones is 1. The van der Waals surface area contributed by atoms with Gasteiger partial charge in [-0.25, -0.2) is 4.68 Å². The molecule has 9 nitrogen and oxygen atoms in total. The van der Waals surface area contributed by atoms with E-state index in [1.165, 1.54) is 9.25 Å². The molecular weight excluding hydrogens is 566 g/mol. The Labute approximate surface area is 241 Å². The first-order valence-electron chi connectivity index (χ1n) is 11.7. The fraction of sp³-hybridized carbons (Fsp3) is 0. The van der Waals surface area contributed by atoms with Crippen molar-refractivity contribution >= 4 is 57.5 Å². The Hall–Kier alpha value is -4.89. The Bertz CT molecular complexity index is 1920. The molecule has 0 bridgehead atoms. The summed E-state index contributed by atoms with van der Waals surface area (Å²) in [6.45, 7) is 0. The van der Waals surface area contributed by atoms with E-state index < -0.39 is 11.7 Å². The van der Waals surface area contributed by atoms with Crippen molar-refractivity contribution in [2.24, 2.45) is 0 Å². The highest BCUT2D eigenvalue weighted by Crippen LogP contribution is 2.37. The first kappa shape index (κ1) is 26.7. The van der Waals surface area contributed by atoms with Gasteiger partial charge >= 0.3 is 0 Å². The normalized spacial score (nSPS) is 10.6. The number of benzene rings is 3. The highest BCUT2D eigenvalue weighted by atomic mass is 35.5. The van der Waals surface area contributed by atoms with Gasteiger partial charge in [0.25, 0.3) is 5.91 Å². The average molecular weight is 584 g/mol. The van der Waals surface area contributed by atoms with Gasteiger partial charge in [0.15, 0.2) is 11.2 Å². The number of carbonyl (C=O) groups excluding carboxylic acids is 2. The molecule has 2 heterocycles. The fourth-order valence-corrected chi connectivity index (χ4v) is 5.40. The molecule has 5 aromatic rings. The smallest absolute Gasteiger partial charge is 0.280 e. The van der Waals surface area contributed by atoms with Gasteiger partial charge in [-0.15, -0.1) is 11.3 Å². The molecule has 40 heavy (non-hydrogen) atoms. The van der Waals surface area contributed by atoms with Crippen LogP contribution in [-0.2, 0) is 0 Å². The molecule has 0 spiro atoms. The molecule has 0 saturated carbocycles. The van der Waals surface area contributed by atoms with E-state index in [2.05, 4.69) is 10.4 Å². The third-order valence-corrected chi connectivity index (χ3v) is 7.57. The number of carbonyl (C=O) groups is 2. The van der Waals surface area contributed by atoms with Gasteiger partial charge < -0.3 is 11.1 Å². The maximum absolute atomic E-state index is 13.6. The van der Waals surface area contributed by atoms with Crippen LogP contribution in [0.3, 0.4) is 0 Å². The first-order chi connectivity index (χ1) is 19.3. The van der Waals surface area contributed by atoms with Gasteiger partial charge in [-0.1, -0.05) is 48.0 Å². The van der Waals surface area contributed by atoms with Gasteiger partial charge in [-0.2, -0.15) is 10.4 Å². The van der Waals surface area contributed by atoms with E-state index >= 15 is 0 Å². The second-order valence-corrected chi connectivity index (χ2v) is 10.2. The predicted molar refractivity (Wildman–Crippen MR) is 156 cm³/mol. The van der Waals surface area contributed by atoms with Crippen LogP contribution in [0.4, 0.5) is 10.7 Å². The van der Waals surface area contributed by atoms with Crippen molar-refractivity contribution in [3.63, 3.8) is 0 Å². The summed E-state index contributed by atoms with van der Waals surface area (Å²) in [5.41, 5.74) is 6.99. The summed E-state index contributed by atoms with van der Waals surface area (Å²) >= 11 is 12.5. The fourth-order valence-electron chi connectivity index (χ4n) is 3.90. The van der Waals surface area contributed by atoms with Crippen LogP contribution in [0.5, 0.6) is 0 Å². The molecule has 196 valence electrons. The van der Waals surface area contributed by atoms with Gasteiger partial charge in [-0.05, 0) is 60.7 Å². The van der Waals surface area contributed by atoms with Crippen LogP contribution < -0.4 is 16.5 Å². The summed E-state index contributed by atoms with van der Waals surface area (Å²) < 4.78 is 2.99. The summed E-state index contributed by atoms with van der Waals surface area (Å²) in [6, 6.07) is 26.1. The predicted octanol–water partition coefficient (Wildman–Crippen LogP) is 5.52. The van der Waals surface area contributed by atoms with E-state index in [-0.39, 0.29) is 37.1 Å². The van der Waals surface area contributed by atoms with Crippen LogP contribution in [0.1, 0.15) is 31.3 Å². The molecule has 12 heteroatoms. The number of aromatic nitrogens is 3. The van der Waals surface area contributed by atoms with Gasteiger partial charge in [-0.3, -0.25) is 19.6 Å². The minimum absolute atomic E-state index is 0.0542. The quantitative estimate of drug-likeness (QED) is 0.177. The second-order valence-electron chi connectivity index (χ2n) is 8.35. The highest BCUT2D eigenvalue weighted by Gasteiger charge is 2.25. The van der Waals surface area contributed by atoms with Crippen LogP contribution in [0.15, 0.2) is 84.9 Å². The molecule has 0 atom stereocenters. The molecule has 0 unspecified atom stereocenters. The van der Waals surface area contributed by atoms with Crippen molar-refractivity contribution in [2.75, 3.05) is 11.1 Å². The second kappa shape index (κ2) is 11.1. The van der Waals surface area contributed by atoms with Crippen LogP contribution in [0.25, 0.3) is 11.4 Å². The lowest BCUT2D eigenvalue weighted by Crippen LogP contribution is -2.34. The number of rotatable bonds is 6. The molecule has 1 amide bonds. The van der Waals surface area contributed by atoms with Gasteiger partial charge in [0.1, 0.15) is 21.5 Å². The number of thiophene rings is 1. The van der Waals surface area contributed by atoms with E-state index in [9.17, 15) is 14.9 Å². The molecule has 0 aliphatic heterocycles. The number of nitrogens with zero attached hydrogens (tertiary/aromatic N) is 4. The number of nitrogens with one attached hydrogen (secondary N) is 2. The van der Waals surface area contributed by atoms with Gasteiger partial charge in [0.05, 0.1) is 11.4 Å². The van der Waals surface area contributed by atoms with Crippen molar-refractivity contribution in [2.45, 2.75) is 0 Å². The van der Waals surface area contributed by atoms with Crippen molar-refractivity contribution in [3.8, 4) is 17.4 Å². The maximum atomic E-state index is 13.6. The molecule has 0 fully saturated rings. The Kier molecular flexibility index (Phi) is 7.39. The number of hydrogen-bond acceptors (Lipinski definition) is 8. The van der Waals surface area contributed by atoms with E-state index in [0.29, 0.717) is 22.0 Å². The van der Waals surface area contributed by atoms with Crippen molar-refractivity contribution in [1.29, 1.82) is 10.7 Å². The molecule has 0 aliphatic rings. The third kappa shape index (κ3) is 4.94. The maximum Gasteiger partial charge on any atom is 0.280 e. The minimum Gasteiger partial charge on any atom is -0.396 e. The molecule has 2 aromatic heterocycles. The Morgan fingerprint density at radius 3 is 2.20 bits per heavy atom. The summed E-state index contributed by atoms with van der Waals surface area (Å²) in [7, 11) is 0. The number of para-hydroxylation sites is 2. The Morgan fingerprint density at radius 1 is 1.00 bits per heavy atom. The lowest BCUT2D eigenvalue weighted by atomic mass is 10.1. The molecule has 3 aromatic carbocycles. The lowest BCUT2D eigenvalue weighted by molar-refractivity contribution is 0.101. The van der Waals surface area contributed by atoms with Crippen LogP contribution in [0.2, 0.25) is 5.02 Å². The zero-order valence-electron chi connectivity index (χ0n) is 20.5. The molecular formula is C28H18ClN7O2S2. The van der Waals surface area contributed by atoms with E-state index in [1.807, 2.05) is 18.2 Å². The summed E-state index contributed by atoms with van der Waals surface area (Å²) in [4.78, 5) is 26.8. The number of nitrogens with two attached hydrogens (primary N) is 1. The molecule has 0 saturated heterocycles. The Morgan fingerprint density at radius 2 is 1.60 bits per heavy atom. The van der Waals surface area contributed by atoms with Gasteiger partial charge in [0, 0.05) is 16.3 Å². The van der Waals surface area contributed by atoms with Crippen molar-refractivity contribution in [1.82, 2.24) is 14.3 Å². The van der Waals surface area contributed by atoms with Crippen molar-refractivity contribution in [3.05, 3.63) is 122 Å². The van der Waals surface area contributed by atoms with E-state index in [0.717, 1.165) is 11.3 Å². The first-order valence-corrected chi connectivity index (χ1v) is 13.3. The zero-order valence-corrected chi connectivity index (χ0v) is 22.8. The summed E-state index contributed by atoms with van der Waals surface area (Å²) in [5, 5.41) is 26.2. The summed E-state index contributed by atoms with van der Waals surface area (Å²) in [5.74, 6) is -1.20. The topological polar surface area (TPSA) is 143 Å². The van der Waals surface area contributed by atoms with Crippen LogP contribution >= 0.6 is 35.2 Å². The number of nitrogen functional groups attached to an aromatic ring is 1. The lowest BCUT2D eigenvalue weighted by Gasteiger charge is -2.15. The third-order valence-electron chi connectivity index (χ3n) is 5.85. The monoisotopic (exact) mass is 583 g/mol. The number of amides is 1. The number of nitriles is 1. The zero-order chi connectivity index (χ0) is 28.4. The van der Waals surface area contributed by atoms with E-state index in [1.54, 1.807) is 72.8 Å². The molecule has 0 aliphatic carbocycles. The standard InChI is InChI=1S/C28H18ClN7O2S2/c29-17-13-11-16(12-14-17)23(37)24-21(31)20(15-30)27(40-24)33-26(38)22-25(32)35(18-7-3-1-4-8-18)28(39)36(34-22)19-9-5-2-6-10-19/h1-14,32H,31H2,(H,33,38). The number of halogens is 1. The van der Waals surface area contributed by atoms with Crippen LogP contribution in [0, 0.1) is 21.5 Å². The minimum atomic E-state index is -0.780. The highest BCUT2D eigenvalue weighted by molar-refractivity contribution is 7.71. The van der Waals surface area contributed by atoms with Gasteiger partial charge in [0.2, 0.25) is 10.6 Å². The van der Waals surface area contributed by atoms with Crippen molar-refractivity contribution < 1.29 is 9.59 Å².